The van der Waals surface area contributed by atoms with E-state index in [9.17, 15) is 0 Å². The first-order chi connectivity index (χ1) is 11.7. The molecule has 0 fully saturated rings. The predicted molar refractivity (Wildman–Crippen MR) is 91.9 cm³/mol. The second-order valence-electron chi connectivity index (χ2n) is 5.42. The van der Waals surface area contributed by atoms with Gasteiger partial charge in [0.1, 0.15) is 24.4 Å². The highest BCUT2D eigenvalue weighted by Gasteiger charge is 2.11. The van der Waals surface area contributed by atoms with Gasteiger partial charge in [-0.25, -0.2) is 0 Å². The van der Waals surface area contributed by atoms with Crippen molar-refractivity contribution in [1.29, 1.82) is 0 Å². The molecule has 24 heavy (non-hydrogen) atoms. The molecule has 7 nitrogen and oxygen atoms in total. The Bertz CT molecular complexity index is 818. The molecule has 0 N–H and O–H groups in total. The van der Waals surface area contributed by atoms with Crippen molar-refractivity contribution in [2.45, 2.75) is 13.3 Å². The van der Waals surface area contributed by atoms with Gasteiger partial charge in [-0.3, -0.25) is 0 Å². The van der Waals surface area contributed by atoms with Crippen molar-refractivity contribution >= 4 is 11.3 Å². The number of aromatic nitrogens is 4. The molecule has 0 unspecified atom stereocenters. The molecule has 3 rings (SSSR count). The van der Waals surface area contributed by atoms with Gasteiger partial charge >= 0.3 is 0 Å². The SMILES string of the molecule is CCc1cc(N(C)CCOc2cccc(OC)c2)c2nncn2n1. The van der Waals surface area contributed by atoms with Gasteiger partial charge < -0.3 is 14.4 Å². The average Bonchev–Trinajstić information content (AvgIpc) is 3.09. The third-order valence-electron chi connectivity index (χ3n) is 3.81. The summed E-state index contributed by atoms with van der Waals surface area (Å²) in [5.74, 6) is 1.58. The zero-order valence-electron chi connectivity index (χ0n) is 14.1. The Morgan fingerprint density at radius 2 is 2.04 bits per heavy atom. The molecular weight excluding hydrogens is 306 g/mol. The summed E-state index contributed by atoms with van der Waals surface area (Å²) in [5, 5.41) is 12.6. The Labute approximate surface area is 140 Å². The van der Waals surface area contributed by atoms with E-state index in [0.717, 1.165) is 34.9 Å². The lowest BCUT2D eigenvalue weighted by Gasteiger charge is -2.20. The quantitative estimate of drug-likeness (QED) is 0.663. The molecule has 0 aliphatic carbocycles. The number of aryl methyl sites for hydroxylation is 1. The van der Waals surface area contributed by atoms with Crippen LogP contribution in [0.1, 0.15) is 12.6 Å². The summed E-state index contributed by atoms with van der Waals surface area (Å²) in [7, 11) is 3.66. The number of hydrogen-bond donors (Lipinski definition) is 0. The zero-order valence-corrected chi connectivity index (χ0v) is 14.1. The first kappa shape index (κ1) is 16.0. The summed E-state index contributed by atoms with van der Waals surface area (Å²) >= 11 is 0. The predicted octanol–water partition coefficient (Wildman–Crippen LogP) is 2.21. The molecule has 0 atom stereocenters. The van der Waals surface area contributed by atoms with Crippen molar-refractivity contribution in [3.8, 4) is 11.5 Å². The second kappa shape index (κ2) is 7.16. The van der Waals surface area contributed by atoms with E-state index >= 15 is 0 Å². The molecule has 2 heterocycles. The number of anilines is 1. The monoisotopic (exact) mass is 327 g/mol. The van der Waals surface area contributed by atoms with Gasteiger partial charge in [0.2, 0.25) is 5.65 Å². The van der Waals surface area contributed by atoms with Crippen molar-refractivity contribution in [3.63, 3.8) is 0 Å². The summed E-state index contributed by atoms with van der Waals surface area (Å²) in [6.07, 6.45) is 2.48. The van der Waals surface area contributed by atoms with Crippen molar-refractivity contribution in [3.05, 3.63) is 42.4 Å². The fourth-order valence-corrected chi connectivity index (χ4v) is 2.43. The summed E-state index contributed by atoms with van der Waals surface area (Å²) in [6.45, 7) is 3.34. The fraction of sp³-hybridized carbons (Fsp3) is 0.353. The molecule has 126 valence electrons. The van der Waals surface area contributed by atoms with Crippen LogP contribution in [0.4, 0.5) is 5.69 Å². The summed E-state index contributed by atoms with van der Waals surface area (Å²) in [4.78, 5) is 2.10. The number of likely N-dealkylation sites (N-methyl/N-ethyl adjacent to an activating group) is 1. The summed E-state index contributed by atoms with van der Waals surface area (Å²) in [6, 6.07) is 9.65. The van der Waals surface area contributed by atoms with Crippen LogP contribution in [0.5, 0.6) is 11.5 Å². The maximum atomic E-state index is 5.81. The number of benzene rings is 1. The van der Waals surface area contributed by atoms with Crippen molar-refractivity contribution in [1.82, 2.24) is 19.8 Å². The summed E-state index contributed by atoms with van der Waals surface area (Å²) in [5.41, 5.74) is 2.74. The maximum absolute atomic E-state index is 5.81. The largest absolute Gasteiger partial charge is 0.497 e. The van der Waals surface area contributed by atoms with Crippen LogP contribution >= 0.6 is 0 Å². The van der Waals surface area contributed by atoms with Crippen LogP contribution < -0.4 is 14.4 Å². The van der Waals surface area contributed by atoms with Crippen molar-refractivity contribution < 1.29 is 9.47 Å². The maximum Gasteiger partial charge on any atom is 0.200 e. The van der Waals surface area contributed by atoms with E-state index in [1.807, 2.05) is 31.3 Å². The van der Waals surface area contributed by atoms with Crippen LogP contribution in [-0.2, 0) is 6.42 Å². The number of rotatable bonds is 7. The van der Waals surface area contributed by atoms with Crippen LogP contribution in [0.2, 0.25) is 0 Å². The molecule has 0 saturated carbocycles. The Morgan fingerprint density at radius 3 is 2.83 bits per heavy atom. The van der Waals surface area contributed by atoms with Gasteiger partial charge in [-0.1, -0.05) is 13.0 Å². The average molecular weight is 327 g/mol. The third-order valence-corrected chi connectivity index (χ3v) is 3.81. The Morgan fingerprint density at radius 1 is 1.21 bits per heavy atom. The van der Waals surface area contributed by atoms with Gasteiger partial charge in [0, 0.05) is 13.1 Å². The van der Waals surface area contributed by atoms with E-state index in [0.29, 0.717) is 13.2 Å². The Balaban J connectivity index is 1.68. The molecule has 0 aliphatic rings. The van der Waals surface area contributed by atoms with Gasteiger partial charge in [0.15, 0.2) is 0 Å². The van der Waals surface area contributed by atoms with Crippen molar-refractivity contribution in [2.24, 2.45) is 0 Å². The molecular formula is C17H21N5O2. The number of fused-ring (bicyclic) bond motifs is 1. The molecule has 0 saturated heterocycles. The van der Waals surface area contributed by atoms with Crippen LogP contribution in [0.15, 0.2) is 36.7 Å². The number of methoxy groups -OCH3 is 1. The van der Waals surface area contributed by atoms with Crippen LogP contribution in [0.3, 0.4) is 0 Å². The van der Waals surface area contributed by atoms with Gasteiger partial charge in [-0.2, -0.15) is 9.61 Å². The first-order valence-electron chi connectivity index (χ1n) is 7.89. The number of hydrogen-bond acceptors (Lipinski definition) is 6. The molecule has 3 aromatic rings. The second-order valence-corrected chi connectivity index (χ2v) is 5.42. The number of nitrogens with zero attached hydrogens (tertiary/aromatic N) is 5. The molecule has 0 amide bonds. The standard InChI is InChI=1S/C17H21N5O2/c1-4-13-10-16(17-19-18-12-22(17)20-13)21(2)8-9-24-15-7-5-6-14(11-15)23-3/h5-7,10-12H,4,8-9H2,1-3H3. The van der Waals surface area contributed by atoms with Crippen molar-refractivity contribution in [2.75, 3.05) is 32.2 Å². The van der Waals surface area contributed by atoms with Crippen LogP contribution in [0, 0.1) is 0 Å². The lowest BCUT2D eigenvalue weighted by molar-refractivity contribution is 0.323. The normalized spacial score (nSPS) is 10.8. The smallest absolute Gasteiger partial charge is 0.200 e. The minimum atomic E-state index is 0.549. The van der Waals surface area contributed by atoms with E-state index in [1.54, 1.807) is 18.0 Å². The molecule has 0 bridgehead atoms. The lowest BCUT2D eigenvalue weighted by atomic mass is 10.3. The Kier molecular flexibility index (Phi) is 4.79. The minimum absolute atomic E-state index is 0.549. The van der Waals surface area contributed by atoms with Crippen LogP contribution in [-0.4, -0.2) is 47.1 Å². The molecule has 0 radical (unpaired) electrons. The highest BCUT2D eigenvalue weighted by Crippen LogP contribution is 2.21. The number of ether oxygens (including phenoxy) is 2. The van der Waals surface area contributed by atoms with E-state index in [-0.39, 0.29) is 0 Å². The third kappa shape index (κ3) is 3.40. The van der Waals surface area contributed by atoms with Gasteiger partial charge in [0.05, 0.1) is 25.0 Å². The van der Waals surface area contributed by atoms with Gasteiger partial charge in [-0.15, -0.1) is 10.2 Å². The van der Waals surface area contributed by atoms with E-state index in [2.05, 4.69) is 33.2 Å². The molecule has 0 spiro atoms. The van der Waals surface area contributed by atoms with E-state index in [1.165, 1.54) is 0 Å². The summed E-state index contributed by atoms with van der Waals surface area (Å²) < 4.78 is 12.7. The minimum Gasteiger partial charge on any atom is -0.497 e. The highest BCUT2D eigenvalue weighted by molar-refractivity contribution is 5.67. The van der Waals surface area contributed by atoms with Gasteiger partial charge in [-0.05, 0) is 24.6 Å². The van der Waals surface area contributed by atoms with Gasteiger partial charge in [0.25, 0.3) is 0 Å². The fourth-order valence-electron chi connectivity index (χ4n) is 2.43. The molecule has 1 aromatic carbocycles. The Hall–Kier alpha value is -2.83. The zero-order chi connectivity index (χ0) is 16.9. The van der Waals surface area contributed by atoms with E-state index < -0.39 is 0 Å². The molecule has 0 aliphatic heterocycles. The van der Waals surface area contributed by atoms with Crippen LogP contribution in [0.25, 0.3) is 5.65 Å². The lowest BCUT2D eigenvalue weighted by Crippen LogP contribution is -2.25. The molecule has 2 aromatic heterocycles. The molecule has 7 heteroatoms. The highest BCUT2D eigenvalue weighted by atomic mass is 16.5. The topological polar surface area (TPSA) is 64.8 Å². The first-order valence-corrected chi connectivity index (χ1v) is 7.89. The van der Waals surface area contributed by atoms with E-state index in [4.69, 9.17) is 9.47 Å².